The highest BCUT2D eigenvalue weighted by Gasteiger charge is 2.44. The van der Waals surface area contributed by atoms with Crippen molar-refractivity contribution in [1.82, 2.24) is 4.44 Å². The lowest BCUT2D eigenvalue weighted by Crippen LogP contribution is -2.29. The van der Waals surface area contributed by atoms with E-state index in [-0.39, 0.29) is 0 Å². The van der Waals surface area contributed by atoms with E-state index >= 15 is 0 Å². The van der Waals surface area contributed by atoms with Crippen LogP contribution in [0.5, 0.6) is 0 Å². The third-order valence-corrected chi connectivity index (χ3v) is 14.8. The molecule has 0 bridgehead atoms. The fourth-order valence-corrected chi connectivity index (χ4v) is 14.1. The van der Waals surface area contributed by atoms with Crippen molar-refractivity contribution in [3.63, 3.8) is 0 Å². The van der Waals surface area contributed by atoms with Crippen LogP contribution in [0, 0.1) is 0 Å². The number of aryl methyl sites for hydroxylation is 2. The maximum absolute atomic E-state index is 3.08. The first kappa shape index (κ1) is 25.0. The molecule has 188 valence electrons. The van der Waals surface area contributed by atoms with Crippen molar-refractivity contribution >= 4 is 26.8 Å². The fourth-order valence-electron chi connectivity index (χ4n) is 6.23. The number of rotatable bonds is 7. The summed E-state index contributed by atoms with van der Waals surface area (Å²) in [7, 11) is -1.01. The minimum absolute atomic E-state index is 0.421. The van der Waals surface area contributed by atoms with Gasteiger partial charge in [0.15, 0.2) is 0 Å². The summed E-state index contributed by atoms with van der Waals surface area (Å²) in [6, 6.07) is 41.7. The summed E-state index contributed by atoms with van der Waals surface area (Å²) in [6.07, 6.45) is 7.35. The first-order chi connectivity index (χ1) is 18.3. The third kappa shape index (κ3) is 5.07. The Morgan fingerprint density at radius 3 is 1.57 bits per heavy atom. The van der Waals surface area contributed by atoms with E-state index in [0.29, 0.717) is 11.3 Å². The van der Waals surface area contributed by atoms with Crippen LogP contribution in [0.4, 0.5) is 0 Å². The highest BCUT2D eigenvalue weighted by molar-refractivity contribution is 7.79. The average Bonchev–Trinajstić information content (AvgIpc) is 3.33. The zero-order valence-corrected chi connectivity index (χ0v) is 23.6. The SMILES string of the molecule is CCCCN(P1c2ccccc2CCc2ccccc21)P1[C@H](c2ccccc2)CC[C@H]1c1ccccc1. The van der Waals surface area contributed by atoms with Crippen molar-refractivity contribution in [2.45, 2.75) is 56.8 Å². The zero-order chi connectivity index (χ0) is 25.0. The van der Waals surface area contributed by atoms with Crippen molar-refractivity contribution in [1.29, 1.82) is 0 Å². The van der Waals surface area contributed by atoms with Gasteiger partial charge in [-0.2, -0.15) is 0 Å². The predicted molar refractivity (Wildman–Crippen MR) is 163 cm³/mol. The van der Waals surface area contributed by atoms with Gasteiger partial charge in [0.2, 0.25) is 0 Å². The molecule has 0 spiro atoms. The summed E-state index contributed by atoms with van der Waals surface area (Å²) in [6.45, 7) is 3.54. The van der Waals surface area contributed by atoms with E-state index in [9.17, 15) is 0 Å². The Morgan fingerprint density at radius 1 is 0.622 bits per heavy atom. The lowest BCUT2D eigenvalue weighted by atomic mass is 10.0. The molecule has 2 aliphatic rings. The molecule has 0 aromatic heterocycles. The lowest BCUT2D eigenvalue weighted by Gasteiger charge is -2.43. The van der Waals surface area contributed by atoms with Crippen LogP contribution in [0.15, 0.2) is 109 Å². The molecule has 0 saturated carbocycles. The van der Waals surface area contributed by atoms with Crippen molar-refractivity contribution < 1.29 is 0 Å². The van der Waals surface area contributed by atoms with Crippen LogP contribution in [0.2, 0.25) is 0 Å². The molecule has 4 aromatic rings. The number of benzene rings is 4. The van der Waals surface area contributed by atoms with Gasteiger partial charge in [-0.05, 0) is 73.0 Å². The molecule has 1 nitrogen and oxygen atoms in total. The second-order valence-corrected chi connectivity index (χ2v) is 15.2. The highest BCUT2D eigenvalue weighted by atomic mass is 31.2. The lowest BCUT2D eigenvalue weighted by molar-refractivity contribution is 0.632. The minimum Gasteiger partial charge on any atom is -0.251 e. The van der Waals surface area contributed by atoms with Crippen molar-refractivity contribution in [2.75, 3.05) is 6.54 Å². The van der Waals surface area contributed by atoms with E-state index in [4.69, 9.17) is 0 Å². The smallest absolute Gasteiger partial charge is 0.0324 e. The Bertz CT molecular complexity index is 1210. The third-order valence-electron chi connectivity index (χ3n) is 8.03. The Hall–Kier alpha value is -2.30. The first-order valence-electron chi connectivity index (χ1n) is 14.0. The molecule has 0 unspecified atom stereocenters. The monoisotopic (exact) mass is 521 g/mol. The fraction of sp³-hybridized carbons (Fsp3) is 0.294. The number of fused-ring (bicyclic) bond motifs is 2. The molecular weight excluding hydrogens is 484 g/mol. The molecule has 6 rings (SSSR count). The van der Waals surface area contributed by atoms with Crippen LogP contribution in [0.3, 0.4) is 0 Å². The van der Waals surface area contributed by atoms with Gasteiger partial charge in [0.1, 0.15) is 0 Å². The molecular formula is C34H37NP2. The van der Waals surface area contributed by atoms with E-state index in [0.717, 1.165) is 12.8 Å². The van der Waals surface area contributed by atoms with Crippen LogP contribution >= 0.6 is 16.1 Å². The maximum atomic E-state index is 3.08. The van der Waals surface area contributed by atoms with E-state index in [1.807, 2.05) is 0 Å². The topological polar surface area (TPSA) is 3.24 Å². The highest BCUT2D eigenvalue weighted by Crippen LogP contribution is 2.76. The molecule has 0 amide bonds. The van der Waals surface area contributed by atoms with Crippen molar-refractivity contribution in [3.05, 3.63) is 131 Å². The standard InChI is InChI=1S/C34H37NP2/c1-2-3-26-35(36-31-20-12-10-18-29(31)22-23-30-19-11-13-21-32(30)36)37-33(27-14-6-4-7-15-27)24-25-34(37)28-16-8-5-9-17-28/h4-21,33-34H,2-3,22-26H2,1H3/t33-,34-/m0/s1. The van der Waals surface area contributed by atoms with Gasteiger partial charge in [-0.1, -0.05) is 123 Å². The van der Waals surface area contributed by atoms with E-state index in [1.54, 1.807) is 32.9 Å². The summed E-state index contributed by atoms with van der Waals surface area (Å²) < 4.78 is 3.08. The van der Waals surface area contributed by atoms with Crippen LogP contribution in [0.1, 0.15) is 66.2 Å². The molecule has 2 atom stereocenters. The van der Waals surface area contributed by atoms with E-state index in [1.165, 1.54) is 32.2 Å². The molecule has 0 N–H and O–H groups in total. The molecule has 2 heterocycles. The summed E-state index contributed by atoms with van der Waals surface area (Å²) in [5.41, 5.74) is 7.44. The Kier molecular flexibility index (Phi) is 7.85. The summed E-state index contributed by atoms with van der Waals surface area (Å²) in [5, 5.41) is 3.21. The molecule has 1 saturated heterocycles. The van der Waals surface area contributed by atoms with Gasteiger partial charge in [-0.15, -0.1) is 0 Å². The van der Waals surface area contributed by atoms with Crippen LogP contribution in [0.25, 0.3) is 0 Å². The van der Waals surface area contributed by atoms with Gasteiger partial charge in [0.25, 0.3) is 0 Å². The predicted octanol–water partition coefficient (Wildman–Crippen LogP) is 8.91. The minimum atomic E-state index is -0.588. The molecule has 37 heavy (non-hydrogen) atoms. The van der Waals surface area contributed by atoms with Gasteiger partial charge in [0, 0.05) is 25.9 Å². The second kappa shape index (κ2) is 11.6. The first-order valence-corrected chi connectivity index (χ1v) is 16.7. The summed E-state index contributed by atoms with van der Waals surface area (Å²) >= 11 is 0. The molecule has 0 aliphatic carbocycles. The van der Waals surface area contributed by atoms with Gasteiger partial charge in [0.05, 0.1) is 0 Å². The molecule has 1 fully saturated rings. The van der Waals surface area contributed by atoms with Gasteiger partial charge >= 0.3 is 0 Å². The number of hydrogen-bond acceptors (Lipinski definition) is 1. The number of hydrogen-bond donors (Lipinski definition) is 0. The van der Waals surface area contributed by atoms with E-state index in [2.05, 4.69) is 121 Å². The van der Waals surface area contributed by atoms with Crippen molar-refractivity contribution in [3.8, 4) is 0 Å². The Morgan fingerprint density at radius 2 is 1.08 bits per heavy atom. The largest absolute Gasteiger partial charge is 0.251 e. The maximum Gasteiger partial charge on any atom is 0.0324 e. The zero-order valence-electron chi connectivity index (χ0n) is 21.8. The molecule has 3 heteroatoms. The molecule has 4 aromatic carbocycles. The van der Waals surface area contributed by atoms with Gasteiger partial charge in [-0.25, -0.2) is 0 Å². The Balaban J connectivity index is 1.54. The average molecular weight is 522 g/mol. The summed E-state index contributed by atoms with van der Waals surface area (Å²) in [5.74, 6) is 0. The Labute approximate surface area is 225 Å². The quantitative estimate of drug-likeness (QED) is 0.220. The van der Waals surface area contributed by atoms with Gasteiger partial charge in [-0.3, -0.25) is 4.44 Å². The van der Waals surface area contributed by atoms with Gasteiger partial charge < -0.3 is 0 Å². The number of unbranched alkanes of at least 4 members (excludes halogenated alkanes) is 1. The molecule has 0 radical (unpaired) electrons. The number of nitrogens with zero attached hydrogens (tertiary/aromatic N) is 1. The molecule has 2 aliphatic heterocycles. The van der Waals surface area contributed by atoms with Crippen LogP contribution in [-0.2, 0) is 12.8 Å². The van der Waals surface area contributed by atoms with E-state index < -0.39 is 16.1 Å². The van der Waals surface area contributed by atoms with Crippen LogP contribution in [-0.4, -0.2) is 11.0 Å². The van der Waals surface area contributed by atoms with Crippen molar-refractivity contribution in [2.24, 2.45) is 0 Å². The second-order valence-electron chi connectivity index (χ2n) is 10.3. The normalized spacial score (nSPS) is 19.9. The van der Waals surface area contributed by atoms with Crippen LogP contribution < -0.4 is 10.6 Å². The summed E-state index contributed by atoms with van der Waals surface area (Å²) in [4.78, 5) is 0.